The van der Waals surface area contributed by atoms with Gasteiger partial charge < -0.3 is 5.73 Å². The molecule has 2 heteroatoms. The lowest BCUT2D eigenvalue weighted by Crippen LogP contribution is -1.96. The Labute approximate surface area is 92.1 Å². The Balaban J connectivity index is 2.69. The molecule has 1 aromatic carbocycles. The molecule has 2 N–H and O–H groups in total. The van der Waals surface area contributed by atoms with Crippen LogP contribution in [0.1, 0.15) is 29.5 Å². The Morgan fingerprint density at radius 1 is 1.14 bits per heavy atom. The molecule has 0 unspecified atom stereocenters. The maximum atomic E-state index is 5.89. The fourth-order valence-corrected chi connectivity index (χ4v) is 1.84. The topological polar surface area (TPSA) is 26.0 Å². The number of nitrogens with two attached hydrogens (primary N) is 1. The fourth-order valence-electron chi connectivity index (χ4n) is 1.64. The molecule has 0 bridgehead atoms. The first kappa shape index (κ1) is 11.4. The Kier molecular flexibility index (Phi) is 4.33. The quantitative estimate of drug-likeness (QED) is 0.595. The smallest absolute Gasteiger partial charge is 0.0373 e. The largest absolute Gasteiger partial charge is 0.398 e. The second-order valence-corrected chi connectivity index (χ2v) is 4.21. The molecule has 0 amide bonds. The lowest BCUT2D eigenvalue weighted by molar-refractivity contribution is 0.803. The van der Waals surface area contributed by atoms with Gasteiger partial charge in [-0.3, -0.25) is 0 Å². The lowest BCUT2D eigenvalue weighted by atomic mass is 10.0. The van der Waals surface area contributed by atoms with Crippen molar-refractivity contribution in [3.8, 4) is 0 Å². The third-order valence-corrected chi connectivity index (χ3v) is 2.80. The molecule has 1 radical (unpaired) electrons. The van der Waals surface area contributed by atoms with Crippen molar-refractivity contribution >= 4 is 18.3 Å². The van der Waals surface area contributed by atoms with Crippen molar-refractivity contribution in [2.45, 2.75) is 33.1 Å². The number of anilines is 1. The van der Waals surface area contributed by atoms with E-state index in [4.69, 9.17) is 18.4 Å². The van der Waals surface area contributed by atoms with Crippen LogP contribution in [0.4, 0.5) is 5.69 Å². The van der Waals surface area contributed by atoms with Crippen LogP contribution < -0.4 is 5.73 Å². The first-order valence-electron chi connectivity index (χ1n) is 5.09. The number of aryl methyl sites for hydroxylation is 3. The monoisotopic (exact) mass is 208 g/mol. The summed E-state index contributed by atoms with van der Waals surface area (Å²) in [6.45, 7) is 4.14. The molecular weight excluding hydrogens is 190 g/mol. The maximum absolute atomic E-state index is 5.89. The molecule has 14 heavy (non-hydrogen) atoms. The number of benzene rings is 1. The van der Waals surface area contributed by atoms with Crippen LogP contribution in [0.5, 0.6) is 0 Å². The standard InChI is InChI=1S/C12H18NS/c1-9-7-11(5-3-4-6-14)8-10(2)12(9)13/h7-8H,3-6,13H2,1-2H3. The van der Waals surface area contributed by atoms with Gasteiger partial charge in [0.1, 0.15) is 0 Å². The van der Waals surface area contributed by atoms with Crippen molar-refractivity contribution in [2.75, 3.05) is 11.5 Å². The van der Waals surface area contributed by atoms with E-state index in [1.807, 2.05) is 0 Å². The van der Waals surface area contributed by atoms with E-state index in [0.717, 1.165) is 24.3 Å². The molecule has 0 heterocycles. The maximum Gasteiger partial charge on any atom is 0.0373 e. The minimum absolute atomic E-state index is 0.868. The first-order chi connectivity index (χ1) is 6.65. The van der Waals surface area contributed by atoms with Gasteiger partial charge in [-0.2, -0.15) is 0 Å². The second-order valence-electron chi connectivity index (χ2n) is 3.80. The summed E-state index contributed by atoms with van der Waals surface area (Å²) in [7, 11) is 0. The Bertz CT molecular complexity index is 284. The summed E-state index contributed by atoms with van der Waals surface area (Å²) >= 11 is 4.92. The highest BCUT2D eigenvalue weighted by atomic mass is 32.1. The average molecular weight is 208 g/mol. The lowest BCUT2D eigenvalue weighted by Gasteiger charge is -2.08. The highest BCUT2D eigenvalue weighted by Gasteiger charge is 2.01. The van der Waals surface area contributed by atoms with Crippen molar-refractivity contribution in [2.24, 2.45) is 0 Å². The van der Waals surface area contributed by atoms with Gasteiger partial charge in [-0.05, 0) is 49.8 Å². The van der Waals surface area contributed by atoms with E-state index in [9.17, 15) is 0 Å². The van der Waals surface area contributed by atoms with Crippen molar-refractivity contribution in [1.29, 1.82) is 0 Å². The highest BCUT2D eigenvalue weighted by molar-refractivity contribution is 7.80. The average Bonchev–Trinajstić information content (AvgIpc) is 2.14. The van der Waals surface area contributed by atoms with Gasteiger partial charge in [-0.25, -0.2) is 0 Å². The minimum Gasteiger partial charge on any atom is -0.398 e. The van der Waals surface area contributed by atoms with Gasteiger partial charge in [0.15, 0.2) is 0 Å². The zero-order valence-electron chi connectivity index (χ0n) is 8.97. The zero-order valence-corrected chi connectivity index (χ0v) is 9.79. The molecule has 0 atom stereocenters. The van der Waals surface area contributed by atoms with Crippen molar-refractivity contribution in [3.05, 3.63) is 28.8 Å². The first-order valence-corrected chi connectivity index (χ1v) is 5.66. The zero-order chi connectivity index (χ0) is 10.6. The Morgan fingerprint density at radius 3 is 2.21 bits per heavy atom. The van der Waals surface area contributed by atoms with Crippen LogP contribution >= 0.6 is 12.6 Å². The summed E-state index contributed by atoms with van der Waals surface area (Å²) in [6.07, 6.45) is 3.45. The van der Waals surface area contributed by atoms with E-state index in [-0.39, 0.29) is 0 Å². The molecule has 1 nitrogen and oxygen atoms in total. The van der Waals surface area contributed by atoms with Crippen LogP contribution in [-0.4, -0.2) is 5.75 Å². The van der Waals surface area contributed by atoms with Gasteiger partial charge >= 0.3 is 0 Å². The number of hydrogen-bond acceptors (Lipinski definition) is 1. The molecule has 0 aliphatic rings. The summed E-state index contributed by atoms with van der Waals surface area (Å²) in [5, 5.41) is 0. The molecule has 0 saturated carbocycles. The third-order valence-electron chi connectivity index (χ3n) is 2.51. The summed E-state index contributed by atoms with van der Waals surface area (Å²) in [5.41, 5.74) is 10.6. The minimum atomic E-state index is 0.868. The van der Waals surface area contributed by atoms with Crippen molar-refractivity contribution < 1.29 is 0 Å². The molecule has 1 rings (SSSR count). The van der Waals surface area contributed by atoms with E-state index in [1.54, 1.807) is 0 Å². The molecule has 0 aliphatic carbocycles. The van der Waals surface area contributed by atoms with Gasteiger partial charge in [0.2, 0.25) is 0 Å². The summed E-state index contributed by atoms with van der Waals surface area (Å²) in [4.78, 5) is 0. The van der Waals surface area contributed by atoms with Gasteiger partial charge in [0.05, 0.1) is 0 Å². The van der Waals surface area contributed by atoms with E-state index < -0.39 is 0 Å². The van der Waals surface area contributed by atoms with Gasteiger partial charge in [0.25, 0.3) is 0 Å². The fraction of sp³-hybridized carbons (Fsp3) is 0.500. The SMILES string of the molecule is Cc1cc(CCCC[S])cc(C)c1N. The van der Waals surface area contributed by atoms with Gasteiger partial charge in [0, 0.05) is 11.4 Å². The highest BCUT2D eigenvalue weighted by Crippen LogP contribution is 2.19. The molecular formula is C12H18NS. The van der Waals surface area contributed by atoms with E-state index in [0.29, 0.717) is 0 Å². The van der Waals surface area contributed by atoms with Crippen molar-refractivity contribution in [3.63, 3.8) is 0 Å². The number of hydrogen-bond donors (Lipinski definition) is 1. The Hall–Kier alpha value is -0.630. The molecule has 0 saturated heterocycles. The van der Waals surface area contributed by atoms with Crippen molar-refractivity contribution in [1.82, 2.24) is 0 Å². The predicted molar refractivity (Wildman–Crippen MR) is 65.7 cm³/mol. The predicted octanol–water partition coefficient (Wildman–Crippen LogP) is 3.41. The van der Waals surface area contributed by atoms with Crippen LogP contribution in [0.2, 0.25) is 0 Å². The molecule has 1 aromatic rings. The summed E-state index contributed by atoms with van der Waals surface area (Å²) < 4.78 is 0. The van der Waals surface area contributed by atoms with Gasteiger partial charge in [-0.1, -0.05) is 24.8 Å². The second kappa shape index (κ2) is 5.30. The van der Waals surface area contributed by atoms with E-state index in [2.05, 4.69) is 26.0 Å². The molecule has 0 spiro atoms. The van der Waals surface area contributed by atoms with Gasteiger partial charge in [-0.15, -0.1) is 0 Å². The summed E-state index contributed by atoms with van der Waals surface area (Å²) in [6, 6.07) is 4.37. The molecule has 0 aliphatic heterocycles. The molecule has 0 aromatic heterocycles. The molecule has 0 fully saturated rings. The van der Waals surface area contributed by atoms with E-state index in [1.165, 1.54) is 23.1 Å². The number of unbranched alkanes of at least 4 members (excludes halogenated alkanes) is 1. The third kappa shape index (κ3) is 2.95. The Morgan fingerprint density at radius 2 is 1.71 bits per heavy atom. The summed E-state index contributed by atoms with van der Waals surface area (Å²) in [5.74, 6) is 0.868. The van der Waals surface area contributed by atoms with Crippen LogP contribution in [0.25, 0.3) is 0 Å². The van der Waals surface area contributed by atoms with Crippen LogP contribution in [0.15, 0.2) is 12.1 Å². The van der Waals surface area contributed by atoms with Crippen LogP contribution in [0, 0.1) is 13.8 Å². The number of nitrogen functional groups attached to an aromatic ring is 1. The van der Waals surface area contributed by atoms with Crippen LogP contribution in [0.3, 0.4) is 0 Å². The van der Waals surface area contributed by atoms with E-state index >= 15 is 0 Å². The van der Waals surface area contributed by atoms with Crippen LogP contribution in [-0.2, 0) is 6.42 Å². The molecule has 77 valence electrons. The normalized spacial score (nSPS) is 10.5. The number of rotatable bonds is 4.